The molecule has 19 heteroatoms. The predicted octanol–water partition coefficient (Wildman–Crippen LogP) is 24.9. The summed E-state index contributed by atoms with van der Waals surface area (Å²) >= 11 is 0. The molecule has 0 spiro atoms. The van der Waals surface area contributed by atoms with Gasteiger partial charge in [-0.05, 0) is 43.4 Å². The van der Waals surface area contributed by atoms with E-state index < -0.39 is 97.5 Å². The second-order valence-electron chi connectivity index (χ2n) is 31.1. The first kappa shape index (κ1) is 100. The summed E-state index contributed by atoms with van der Waals surface area (Å²) in [5.74, 6) is 0.318. The number of hydrogen-bond donors (Lipinski definition) is 3. The number of phosphoric acid groups is 2. The summed E-state index contributed by atoms with van der Waals surface area (Å²) < 4.78 is 68.8. The topological polar surface area (TPSA) is 237 Å². The van der Waals surface area contributed by atoms with Crippen LogP contribution in [-0.2, 0) is 65.4 Å². The van der Waals surface area contributed by atoms with E-state index in [-0.39, 0.29) is 25.7 Å². The molecule has 0 saturated heterocycles. The fourth-order valence-electron chi connectivity index (χ4n) is 12.8. The second kappa shape index (κ2) is 73.2. The molecule has 0 aromatic rings. The summed E-state index contributed by atoms with van der Waals surface area (Å²) in [7, 11) is -9.93. The number of phosphoric ester groups is 2. The van der Waals surface area contributed by atoms with Crippen LogP contribution < -0.4 is 0 Å². The average molecular weight is 1490 g/mol. The van der Waals surface area contributed by atoms with Gasteiger partial charge in [0.15, 0.2) is 12.2 Å². The molecule has 0 aromatic heterocycles. The molecule has 3 unspecified atom stereocenters. The van der Waals surface area contributed by atoms with E-state index in [0.717, 1.165) is 108 Å². The van der Waals surface area contributed by atoms with Crippen LogP contribution in [0.3, 0.4) is 0 Å². The summed E-state index contributed by atoms with van der Waals surface area (Å²) in [4.78, 5) is 73.2. The van der Waals surface area contributed by atoms with Crippen molar-refractivity contribution in [1.29, 1.82) is 0 Å². The Labute approximate surface area is 626 Å². The molecule has 0 saturated carbocycles. The summed E-state index contributed by atoms with van der Waals surface area (Å²) in [5, 5.41) is 10.7. The third-order valence-electron chi connectivity index (χ3n) is 19.7. The Kier molecular flexibility index (Phi) is 71.8. The SMILES string of the molecule is CCCCCCCCCCCCCCC(=O)OC[C@H](COP(=O)(O)OC[C@H](O)COP(=O)(O)OC[C@@H](COC(=O)CCCCCCCCCCCCCCCC(C)C)OC(=O)CCCCCCCCCCCCCCCCC(C)CC)OC(=O)CCCCCCCCCCCCCCCC(C)C. The van der Waals surface area contributed by atoms with Crippen molar-refractivity contribution in [3.05, 3.63) is 0 Å². The first-order valence-corrected chi connectivity index (χ1v) is 45.9. The van der Waals surface area contributed by atoms with Gasteiger partial charge in [0.05, 0.1) is 26.4 Å². The lowest BCUT2D eigenvalue weighted by atomic mass is 9.99. The van der Waals surface area contributed by atoms with Crippen molar-refractivity contribution in [2.45, 2.75) is 452 Å². The Morgan fingerprint density at radius 1 is 0.284 bits per heavy atom. The quantitative estimate of drug-likeness (QED) is 0.0222. The molecule has 17 nitrogen and oxygen atoms in total. The third kappa shape index (κ3) is 74.9. The highest BCUT2D eigenvalue weighted by molar-refractivity contribution is 7.47. The van der Waals surface area contributed by atoms with Crippen molar-refractivity contribution in [3.63, 3.8) is 0 Å². The van der Waals surface area contributed by atoms with Crippen LogP contribution in [0, 0.1) is 17.8 Å². The van der Waals surface area contributed by atoms with E-state index >= 15 is 0 Å². The zero-order chi connectivity index (χ0) is 75.1. The highest BCUT2D eigenvalue weighted by Crippen LogP contribution is 2.45. The van der Waals surface area contributed by atoms with Crippen molar-refractivity contribution >= 4 is 39.5 Å². The van der Waals surface area contributed by atoms with Gasteiger partial charge < -0.3 is 33.8 Å². The molecule has 102 heavy (non-hydrogen) atoms. The van der Waals surface area contributed by atoms with E-state index in [0.29, 0.717) is 25.7 Å². The van der Waals surface area contributed by atoms with E-state index in [1.807, 2.05) is 0 Å². The minimum absolute atomic E-state index is 0.108. The highest BCUT2D eigenvalue weighted by atomic mass is 31.2. The van der Waals surface area contributed by atoms with E-state index in [4.69, 9.17) is 37.0 Å². The molecule has 0 fully saturated rings. The van der Waals surface area contributed by atoms with Gasteiger partial charge in [-0.15, -0.1) is 0 Å². The van der Waals surface area contributed by atoms with Gasteiger partial charge in [-0.2, -0.15) is 0 Å². The van der Waals surface area contributed by atoms with Gasteiger partial charge in [-0.25, -0.2) is 9.13 Å². The van der Waals surface area contributed by atoms with E-state index in [9.17, 15) is 43.2 Å². The maximum Gasteiger partial charge on any atom is 0.472 e. The molecule has 0 radical (unpaired) electrons. The Morgan fingerprint density at radius 2 is 0.500 bits per heavy atom. The van der Waals surface area contributed by atoms with Gasteiger partial charge in [0.25, 0.3) is 0 Å². The molecule has 0 aliphatic heterocycles. The summed E-state index contributed by atoms with van der Waals surface area (Å²) in [6, 6.07) is 0. The highest BCUT2D eigenvalue weighted by Gasteiger charge is 2.30. The molecular weight excluding hydrogens is 1330 g/mol. The number of carbonyl (C=O) groups excluding carboxylic acids is 4. The molecule has 6 atom stereocenters. The minimum Gasteiger partial charge on any atom is -0.462 e. The van der Waals surface area contributed by atoms with Gasteiger partial charge in [-0.3, -0.25) is 37.3 Å². The molecule has 0 heterocycles. The predicted molar refractivity (Wildman–Crippen MR) is 418 cm³/mol. The van der Waals surface area contributed by atoms with Crippen LogP contribution in [-0.4, -0.2) is 96.7 Å². The van der Waals surface area contributed by atoms with Crippen LogP contribution in [0.4, 0.5) is 0 Å². The van der Waals surface area contributed by atoms with E-state index in [1.165, 1.54) is 244 Å². The first-order valence-electron chi connectivity index (χ1n) is 42.9. The Bertz CT molecular complexity index is 1980. The molecule has 0 aliphatic rings. The zero-order valence-corrected chi connectivity index (χ0v) is 68.9. The van der Waals surface area contributed by atoms with Crippen molar-refractivity contribution in [3.8, 4) is 0 Å². The van der Waals surface area contributed by atoms with E-state index in [1.54, 1.807) is 0 Å². The lowest BCUT2D eigenvalue weighted by Gasteiger charge is -2.21. The Hall–Kier alpha value is -1.94. The van der Waals surface area contributed by atoms with Gasteiger partial charge in [0.1, 0.15) is 19.3 Å². The van der Waals surface area contributed by atoms with Gasteiger partial charge >= 0.3 is 39.5 Å². The number of hydrogen-bond acceptors (Lipinski definition) is 15. The van der Waals surface area contributed by atoms with Crippen LogP contribution in [0.25, 0.3) is 0 Å². The largest absolute Gasteiger partial charge is 0.472 e. The van der Waals surface area contributed by atoms with Gasteiger partial charge in [-0.1, -0.05) is 382 Å². The van der Waals surface area contributed by atoms with Crippen molar-refractivity contribution in [2.75, 3.05) is 39.6 Å². The molecule has 606 valence electrons. The lowest BCUT2D eigenvalue weighted by molar-refractivity contribution is -0.161. The van der Waals surface area contributed by atoms with Crippen LogP contribution in [0.1, 0.15) is 434 Å². The molecule has 0 aliphatic carbocycles. The Balaban J connectivity index is 5.27. The molecule has 0 rings (SSSR count). The average Bonchev–Trinajstić information content (AvgIpc) is 0.911. The molecule has 0 aromatic carbocycles. The number of esters is 4. The standard InChI is InChI=1S/C83H162O17P2/c1-8-10-11-12-13-14-15-29-36-43-50-57-64-80(85)93-70-78(100-83(88)67-60-53-46-39-32-25-19-21-27-34-41-48-55-62-75(5)6)72-97-101(89,90)95-68-77(84)69-96-102(91,92)98-73-79(71-94-81(86)65-58-51-44-37-30-24-18-20-26-33-40-47-54-61-74(3)4)99-82(87)66-59-52-45-38-31-23-17-16-22-28-35-42-49-56-63-76(7)9-2/h74-79,84H,8-73H2,1-7H3,(H,89,90)(H,91,92)/t76?,77-,78+,79+/m0/s1. The van der Waals surface area contributed by atoms with Crippen LogP contribution in [0.15, 0.2) is 0 Å². The summed E-state index contributed by atoms with van der Waals surface area (Å²) in [5.41, 5.74) is 0. The minimum atomic E-state index is -4.96. The molecule has 0 amide bonds. The first-order chi connectivity index (χ1) is 49.3. The normalized spacial score (nSPS) is 14.2. The van der Waals surface area contributed by atoms with Gasteiger partial charge in [0.2, 0.25) is 0 Å². The van der Waals surface area contributed by atoms with E-state index in [2.05, 4.69) is 48.5 Å². The number of rotatable bonds is 81. The fraction of sp³-hybridized carbons (Fsp3) is 0.952. The number of aliphatic hydroxyl groups is 1. The van der Waals surface area contributed by atoms with Crippen LogP contribution >= 0.6 is 15.6 Å². The number of carbonyl (C=O) groups is 4. The van der Waals surface area contributed by atoms with Crippen LogP contribution in [0.2, 0.25) is 0 Å². The van der Waals surface area contributed by atoms with Crippen molar-refractivity contribution in [2.24, 2.45) is 17.8 Å². The maximum absolute atomic E-state index is 13.1. The number of unbranched alkanes of at least 4 members (excludes halogenated alkanes) is 48. The Morgan fingerprint density at radius 3 is 0.745 bits per heavy atom. The van der Waals surface area contributed by atoms with Crippen LogP contribution in [0.5, 0.6) is 0 Å². The number of aliphatic hydroxyl groups excluding tert-OH is 1. The van der Waals surface area contributed by atoms with Crippen molar-refractivity contribution in [1.82, 2.24) is 0 Å². The second-order valence-corrected chi connectivity index (χ2v) is 34.0. The molecular formula is C83H162O17P2. The third-order valence-corrected chi connectivity index (χ3v) is 21.6. The molecule has 0 bridgehead atoms. The number of ether oxygens (including phenoxy) is 4. The monoisotopic (exact) mass is 1490 g/mol. The molecule has 3 N–H and O–H groups in total. The lowest BCUT2D eigenvalue weighted by Crippen LogP contribution is -2.30. The summed E-state index contributed by atoms with van der Waals surface area (Å²) in [6.45, 7) is 12.0. The smallest absolute Gasteiger partial charge is 0.462 e. The maximum atomic E-state index is 13.1. The fourth-order valence-corrected chi connectivity index (χ4v) is 14.4. The summed E-state index contributed by atoms with van der Waals surface area (Å²) in [6.07, 6.45) is 62.2. The van der Waals surface area contributed by atoms with Gasteiger partial charge in [0, 0.05) is 25.7 Å². The van der Waals surface area contributed by atoms with Crippen molar-refractivity contribution < 1.29 is 80.2 Å². The zero-order valence-electron chi connectivity index (χ0n) is 67.1.